The topological polar surface area (TPSA) is 60.8 Å². The van der Waals surface area contributed by atoms with Crippen LogP contribution in [0.2, 0.25) is 0 Å². The summed E-state index contributed by atoms with van der Waals surface area (Å²) in [6, 6.07) is 3.12. The molecule has 1 aromatic rings. The zero-order valence-electron chi connectivity index (χ0n) is 14.0. The minimum absolute atomic E-state index is 0.000814. The Morgan fingerprint density at radius 3 is 2.23 bits per heavy atom. The van der Waals surface area contributed by atoms with E-state index in [-0.39, 0.29) is 18.0 Å². The minimum Gasteiger partial charge on any atom is -0.399 e. The molecule has 2 rings (SSSR count). The van der Waals surface area contributed by atoms with Crippen molar-refractivity contribution in [2.75, 3.05) is 14.1 Å². The van der Waals surface area contributed by atoms with E-state index in [9.17, 15) is 9.59 Å². The van der Waals surface area contributed by atoms with E-state index < -0.39 is 18.3 Å². The van der Waals surface area contributed by atoms with Gasteiger partial charge < -0.3 is 18.8 Å². The standard InChI is InChI=1S/C15H23BN2O4/c1-14(2)15(3,4)22-16(21-14)11-7-8-12(19)18(9-11)10-13(20)17(5)6/h7-9H,10H2,1-6H3. The molecule has 22 heavy (non-hydrogen) atoms. The van der Waals surface area contributed by atoms with Crippen molar-refractivity contribution in [1.82, 2.24) is 9.47 Å². The van der Waals surface area contributed by atoms with Gasteiger partial charge in [-0.15, -0.1) is 0 Å². The lowest BCUT2D eigenvalue weighted by Crippen LogP contribution is -2.41. The van der Waals surface area contributed by atoms with E-state index in [1.807, 2.05) is 27.7 Å². The molecule has 1 saturated heterocycles. The lowest BCUT2D eigenvalue weighted by atomic mass is 9.80. The predicted molar refractivity (Wildman–Crippen MR) is 85.1 cm³/mol. The Bertz CT molecular complexity index is 621. The third-order valence-corrected chi connectivity index (χ3v) is 4.34. The Hall–Kier alpha value is -1.60. The van der Waals surface area contributed by atoms with Gasteiger partial charge in [-0.1, -0.05) is 6.07 Å². The number of amides is 1. The summed E-state index contributed by atoms with van der Waals surface area (Å²) in [5.41, 5.74) is -0.392. The van der Waals surface area contributed by atoms with Crippen LogP contribution in [-0.4, -0.2) is 47.8 Å². The first-order chi connectivity index (χ1) is 10.0. The van der Waals surface area contributed by atoms with Crippen LogP contribution >= 0.6 is 0 Å². The van der Waals surface area contributed by atoms with Gasteiger partial charge in [0.2, 0.25) is 5.91 Å². The summed E-state index contributed by atoms with van der Waals surface area (Å²) in [4.78, 5) is 25.2. The second-order valence-corrected chi connectivity index (χ2v) is 6.80. The zero-order valence-corrected chi connectivity index (χ0v) is 14.0. The molecule has 2 heterocycles. The van der Waals surface area contributed by atoms with E-state index in [1.54, 1.807) is 26.4 Å². The van der Waals surface area contributed by atoms with Gasteiger partial charge in [0, 0.05) is 26.4 Å². The predicted octanol–water partition coefficient (Wildman–Crippen LogP) is 0.236. The highest BCUT2D eigenvalue weighted by Crippen LogP contribution is 2.36. The molecule has 0 unspecified atom stereocenters. The second kappa shape index (κ2) is 5.55. The molecule has 0 spiro atoms. The highest BCUT2D eigenvalue weighted by molar-refractivity contribution is 6.62. The van der Waals surface area contributed by atoms with Gasteiger partial charge in [-0.3, -0.25) is 9.59 Å². The van der Waals surface area contributed by atoms with Crippen molar-refractivity contribution < 1.29 is 14.1 Å². The van der Waals surface area contributed by atoms with Gasteiger partial charge in [0.1, 0.15) is 6.54 Å². The van der Waals surface area contributed by atoms with Gasteiger partial charge in [0.25, 0.3) is 5.56 Å². The molecule has 1 amide bonds. The number of likely N-dealkylation sites (N-methyl/N-ethyl adjacent to an activating group) is 1. The molecule has 0 saturated carbocycles. The number of rotatable bonds is 3. The first-order valence-electron chi connectivity index (χ1n) is 7.30. The summed E-state index contributed by atoms with van der Waals surface area (Å²) in [7, 11) is 2.77. The monoisotopic (exact) mass is 306 g/mol. The van der Waals surface area contributed by atoms with Gasteiger partial charge in [-0.2, -0.15) is 0 Å². The average Bonchev–Trinajstić information content (AvgIpc) is 2.60. The quantitative estimate of drug-likeness (QED) is 0.750. The maximum Gasteiger partial charge on any atom is 0.496 e. The number of carbonyl (C=O) groups excluding carboxylic acids is 1. The first kappa shape index (κ1) is 16.8. The van der Waals surface area contributed by atoms with Gasteiger partial charge in [-0.05, 0) is 33.2 Å². The molecule has 0 radical (unpaired) electrons. The molecule has 120 valence electrons. The van der Waals surface area contributed by atoms with E-state index in [1.165, 1.54) is 15.5 Å². The van der Waals surface area contributed by atoms with E-state index in [0.29, 0.717) is 0 Å². The van der Waals surface area contributed by atoms with Gasteiger partial charge >= 0.3 is 7.12 Å². The summed E-state index contributed by atoms with van der Waals surface area (Å²) in [5.74, 6) is -0.145. The average molecular weight is 306 g/mol. The first-order valence-corrected chi connectivity index (χ1v) is 7.30. The number of hydrogen-bond acceptors (Lipinski definition) is 4. The maximum atomic E-state index is 11.9. The van der Waals surface area contributed by atoms with E-state index >= 15 is 0 Å². The van der Waals surface area contributed by atoms with Gasteiger partial charge in [-0.25, -0.2) is 0 Å². The summed E-state index contributed by atoms with van der Waals surface area (Å²) in [6.45, 7) is 7.88. The molecule has 0 bridgehead atoms. The fourth-order valence-corrected chi connectivity index (χ4v) is 2.08. The van der Waals surface area contributed by atoms with Crippen LogP contribution in [0.5, 0.6) is 0 Å². The van der Waals surface area contributed by atoms with Crippen molar-refractivity contribution in [3.63, 3.8) is 0 Å². The lowest BCUT2D eigenvalue weighted by molar-refractivity contribution is -0.129. The van der Waals surface area contributed by atoms with Crippen LogP contribution in [0.3, 0.4) is 0 Å². The van der Waals surface area contributed by atoms with Crippen molar-refractivity contribution in [2.24, 2.45) is 0 Å². The van der Waals surface area contributed by atoms with Gasteiger partial charge in [0.15, 0.2) is 0 Å². The van der Waals surface area contributed by atoms with Crippen LogP contribution in [0.4, 0.5) is 0 Å². The Morgan fingerprint density at radius 2 is 1.73 bits per heavy atom. The number of hydrogen-bond donors (Lipinski definition) is 0. The van der Waals surface area contributed by atoms with Crippen molar-refractivity contribution >= 4 is 18.5 Å². The maximum absolute atomic E-state index is 11.9. The number of carbonyl (C=O) groups is 1. The Morgan fingerprint density at radius 1 is 1.18 bits per heavy atom. The minimum atomic E-state index is -0.550. The molecule has 0 aromatic carbocycles. The van der Waals surface area contributed by atoms with Crippen LogP contribution in [0.15, 0.2) is 23.1 Å². The lowest BCUT2D eigenvalue weighted by Gasteiger charge is -2.32. The molecule has 0 atom stereocenters. The second-order valence-electron chi connectivity index (χ2n) is 6.80. The largest absolute Gasteiger partial charge is 0.496 e. The Kier molecular flexibility index (Phi) is 4.23. The molecule has 1 aliphatic rings. The highest BCUT2D eigenvalue weighted by atomic mass is 16.7. The normalized spacial score (nSPS) is 19.3. The summed E-state index contributed by atoms with van der Waals surface area (Å²) >= 11 is 0. The third kappa shape index (κ3) is 3.10. The number of pyridine rings is 1. The summed E-state index contributed by atoms with van der Waals surface area (Å²) in [6.07, 6.45) is 1.63. The summed E-state index contributed by atoms with van der Waals surface area (Å²) in [5, 5.41) is 0. The molecular formula is C15H23BN2O4. The SMILES string of the molecule is CN(C)C(=O)Cn1cc(B2OC(C)(C)C(C)(C)O2)ccc1=O. The Labute approximate surface area is 131 Å². The molecule has 1 aliphatic heterocycles. The van der Waals surface area contributed by atoms with Crippen LogP contribution < -0.4 is 11.0 Å². The Balaban J connectivity index is 2.28. The molecule has 1 fully saturated rings. The summed E-state index contributed by atoms with van der Waals surface area (Å²) < 4.78 is 13.3. The van der Waals surface area contributed by atoms with Crippen LogP contribution in [0, 0.1) is 0 Å². The molecule has 6 nitrogen and oxygen atoms in total. The zero-order chi connectivity index (χ0) is 16.7. The molecule has 1 aromatic heterocycles. The fourth-order valence-electron chi connectivity index (χ4n) is 2.08. The van der Waals surface area contributed by atoms with E-state index in [2.05, 4.69) is 0 Å². The van der Waals surface area contributed by atoms with Crippen molar-refractivity contribution in [3.05, 3.63) is 28.7 Å². The van der Waals surface area contributed by atoms with Crippen LogP contribution in [0.1, 0.15) is 27.7 Å². The molecule has 0 aliphatic carbocycles. The number of aromatic nitrogens is 1. The molecular weight excluding hydrogens is 283 g/mol. The van der Waals surface area contributed by atoms with E-state index in [4.69, 9.17) is 9.31 Å². The molecule has 7 heteroatoms. The smallest absolute Gasteiger partial charge is 0.399 e. The van der Waals surface area contributed by atoms with Crippen LogP contribution in [-0.2, 0) is 20.6 Å². The highest BCUT2D eigenvalue weighted by Gasteiger charge is 2.51. The van der Waals surface area contributed by atoms with E-state index in [0.717, 1.165) is 5.46 Å². The molecule has 0 N–H and O–H groups in total. The fraction of sp³-hybridized carbons (Fsp3) is 0.600. The van der Waals surface area contributed by atoms with Crippen molar-refractivity contribution in [2.45, 2.75) is 45.4 Å². The van der Waals surface area contributed by atoms with Crippen molar-refractivity contribution in [3.8, 4) is 0 Å². The van der Waals surface area contributed by atoms with Gasteiger partial charge in [0.05, 0.1) is 11.2 Å². The third-order valence-electron chi connectivity index (χ3n) is 4.34. The number of nitrogens with zero attached hydrogens (tertiary/aromatic N) is 2. The van der Waals surface area contributed by atoms with Crippen molar-refractivity contribution in [1.29, 1.82) is 0 Å². The van der Waals surface area contributed by atoms with Crippen LogP contribution in [0.25, 0.3) is 0 Å².